The summed E-state index contributed by atoms with van der Waals surface area (Å²) in [6.45, 7) is 2.15. The number of rotatable bonds is 4. The number of nitrogen functional groups attached to an aromatic ring is 1. The van der Waals surface area contributed by atoms with Gasteiger partial charge in [-0.1, -0.05) is 13.0 Å². The van der Waals surface area contributed by atoms with Crippen LogP contribution in [0.3, 0.4) is 0 Å². The summed E-state index contributed by atoms with van der Waals surface area (Å²) >= 11 is 1.46. The molecule has 3 N–H and O–H groups in total. The van der Waals surface area contributed by atoms with Gasteiger partial charge in [-0.05, 0) is 48.9 Å². The zero-order valence-electron chi connectivity index (χ0n) is 11.7. The van der Waals surface area contributed by atoms with E-state index in [2.05, 4.69) is 33.7 Å². The Labute approximate surface area is 123 Å². The molecule has 1 heterocycles. The highest BCUT2D eigenvalue weighted by Gasteiger charge is 2.21. The Kier molecular flexibility index (Phi) is 3.87. The number of aryl methyl sites for hydroxylation is 2. The fourth-order valence-electron chi connectivity index (χ4n) is 2.77. The molecule has 1 aliphatic carbocycles. The number of aromatic nitrogens is 2. The lowest BCUT2D eigenvalue weighted by atomic mass is 9.87. The van der Waals surface area contributed by atoms with E-state index in [1.54, 1.807) is 0 Å². The normalized spacial score (nSPS) is 17.8. The van der Waals surface area contributed by atoms with Crippen molar-refractivity contribution in [2.45, 2.75) is 45.1 Å². The van der Waals surface area contributed by atoms with Crippen molar-refractivity contribution in [2.24, 2.45) is 0 Å². The van der Waals surface area contributed by atoms with E-state index in [1.165, 1.54) is 29.1 Å². The monoisotopic (exact) mass is 288 g/mol. The van der Waals surface area contributed by atoms with Gasteiger partial charge in [0.05, 0.1) is 6.04 Å². The lowest BCUT2D eigenvalue weighted by Crippen LogP contribution is -2.17. The van der Waals surface area contributed by atoms with Crippen LogP contribution in [0.1, 0.15) is 49.2 Å². The SMILES string of the molecule is CCCc1nsc(NC2CCCc3cc(N)ccc32)n1. The molecule has 2 aromatic rings. The Balaban J connectivity index is 1.78. The summed E-state index contributed by atoms with van der Waals surface area (Å²) < 4.78 is 4.39. The van der Waals surface area contributed by atoms with Crippen LogP contribution in [-0.4, -0.2) is 9.36 Å². The van der Waals surface area contributed by atoms with Crippen molar-refractivity contribution < 1.29 is 0 Å². The number of nitrogens with one attached hydrogen (secondary N) is 1. The molecule has 4 nitrogen and oxygen atoms in total. The molecule has 1 atom stereocenters. The standard InChI is InChI=1S/C15H20N4S/c1-2-4-14-18-15(20-19-14)17-13-6-3-5-10-9-11(16)7-8-12(10)13/h7-9,13H,2-6,16H2,1H3,(H,17,18,19). The first-order chi connectivity index (χ1) is 9.76. The maximum atomic E-state index is 5.88. The van der Waals surface area contributed by atoms with Gasteiger partial charge in [0, 0.05) is 23.6 Å². The average Bonchev–Trinajstić information content (AvgIpc) is 2.86. The number of benzene rings is 1. The molecule has 0 bridgehead atoms. The molecule has 1 unspecified atom stereocenters. The molecule has 0 saturated heterocycles. The van der Waals surface area contributed by atoms with Gasteiger partial charge in [0.15, 0.2) is 0 Å². The smallest absolute Gasteiger partial charge is 0.203 e. The van der Waals surface area contributed by atoms with Crippen LogP contribution in [0.5, 0.6) is 0 Å². The second kappa shape index (κ2) is 5.79. The zero-order chi connectivity index (χ0) is 13.9. The third kappa shape index (κ3) is 2.77. The average molecular weight is 288 g/mol. The molecular weight excluding hydrogens is 268 g/mol. The highest BCUT2D eigenvalue weighted by molar-refractivity contribution is 7.09. The molecule has 20 heavy (non-hydrogen) atoms. The fraction of sp³-hybridized carbons (Fsp3) is 0.467. The minimum Gasteiger partial charge on any atom is -0.399 e. The summed E-state index contributed by atoms with van der Waals surface area (Å²) in [6, 6.07) is 6.57. The van der Waals surface area contributed by atoms with Gasteiger partial charge in [0.25, 0.3) is 0 Å². The van der Waals surface area contributed by atoms with Gasteiger partial charge in [0.1, 0.15) is 5.82 Å². The molecule has 1 aromatic carbocycles. The first-order valence-corrected chi connectivity index (χ1v) is 8.01. The van der Waals surface area contributed by atoms with E-state index < -0.39 is 0 Å². The maximum absolute atomic E-state index is 5.88. The van der Waals surface area contributed by atoms with Crippen LogP contribution >= 0.6 is 11.5 Å². The molecule has 0 amide bonds. The zero-order valence-corrected chi connectivity index (χ0v) is 12.5. The summed E-state index contributed by atoms with van der Waals surface area (Å²) in [7, 11) is 0. The second-order valence-corrected chi connectivity index (χ2v) is 6.07. The quantitative estimate of drug-likeness (QED) is 0.844. The van der Waals surface area contributed by atoms with Crippen molar-refractivity contribution in [3.8, 4) is 0 Å². The Morgan fingerprint density at radius 3 is 3.20 bits per heavy atom. The summed E-state index contributed by atoms with van der Waals surface area (Å²) in [5.41, 5.74) is 9.45. The van der Waals surface area contributed by atoms with E-state index in [4.69, 9.17) is 5.73 Å². The highest BCUT2D eigenvalue weighted by Crippen LogP contribution is 2.33. The van der Waals surface area contributed by atoms with Gasteiger partial charge < -0.3 is 11.1 Å². The van der Waals surface area contributed by atoms with E-state index in [-0.39, 0.29) is 0 Å². The van der Waals surface area contributed by atoms with E-state index in [9.17, 15) is 0 Å². The molecule has 106 valence electrons. The number of hydrogen-bond acceptors (Lipinski definition) is 5. The largest absolute Gasteiger partial charge is 0.399 e. The summed E-state index contributed by atoms with van der Waals surface area (Å²) in [4.78, 5) is 4.56. The van der Waals surface area contributed by atoms with Crippen LogP contribution in [0.2, 0.25) is 0 Å². The van der Waals surface area contributed by atoms with Gasteiger partial charge >= 0.3 is 0 Å². The number of anilines is 2. The molecule has 0 aliphatic heterocycles. The van der Waals surface area contributed by atoms with Crippen LogP contribution in [0.4, 0.5) is 10.8 Å². The van der Waals surface area contributed by atoms with Crippen molar-refractivity contribution in [3.63, 3.8) is 0 Å². The van der Waals surface area contributed by atoms with Crippen molar-refractivity contribution >= 4 is 22.4 Å². The van der Waals surface area contributed by atoms with Gasteiger partial charge in [-0.3, -0.25) is 0 Å². The van der Waals surface area contributed by atoms with Crippen molar-refractivity contribution in [1.82, 2.24) is 9.36 Å². The van der Waals surface area contributed by atoms with E-state index in [0.717, 1.165) is 42.3 Å². The molecule has 0 saturated carbocycles. The predicted octanol–water partition coefficient (Wildman–Crippen LogP) is 3.56. The summed E-state index contributed by atoms with van der Waals surface area (Å²) in [5.74, 6) is 0.952. The van der Waals surface area contributed by atoms with Crippen LogP contribution < -0.4 is 11.1 Å². The molecule has 0 fully saturated rings. The second-order valence-electron chi connectivity index (χ2n) is 5.31. The van der Waals surface area contributed by atoms with E-state index in [0.29, 0.717) is 6.04 Å². The summed E-state index contributed by atoms with van der Waals surface area (Å²) in [5, 5.41) is 4.47. The lowest BCUT2D eigenvalue weighted by Gasteiger charge is -2.26. The van der Waals surface area contributed by atoms with Crippen molar-refractivity contribution in [1.29, 1.82) is 0 Å². The van der Waals surface area contributed by atoms with Gasteiger partial charge in [-0.15, -0.1) is 0 Å². The third-order valence-electron chi connectivity index (χ3n) is 3.72. The molecule has 3 rings (SSSR count). The Hall–Kier alpha value is -1.62. The number of nitrogens with two attached hydrogens (primary N) is 1. The van der Waals surface area contributed by atoms with Gasteiger partial charge in [-0.2, -0.15) is 4.37 Å². The van der Waals surface area contributed by atoms with Crippen LogP contribution in [0.15, 0.2) is 18.2 Å². The van der Waals surface area contributed by atoms with Crippen molar-refractivity contribution in [2.75, 3.05) is 11.1 Å². The van der Waals surface area contributed by atoms with Crippen LogP contribution in [0, 0.1) is 0 Å². The Morgan fingerprint density at radius 2 is 2.35 bits per heavy atom. The molecule has 1 aliphatic rings. The highest BCUT2D eigenvalue weighted by atomic mass is 32.1. The lowest BCUT2D eigenvalue weighted by molar-refractivity contribution is 0.600. The Bertz CT molecular complexity index is 593. The topological polar surface area (TPSA) is 63.8 Å². The number of hydrogen-bond donors (Lipinski definition) is 2. The predicted molar refractivity (Wildman–Crippen MR) is 84.1 cm³/mol. The van der Waals surface area contributed by atoms with E-state index in [1.807, 2.05) is 6.07 Å². The van der Waals surface area contributed by atoms with Crippen molar-refractivity contribution in [3.05, 3.63) is 35.2 Å². The minimum atomic E-state index is 0.335. The van der Waals surface area contributed by atoms with Crippen LogP contribution in [0.25, 0.3) is 0 Å². The Morgan fingerprint density at radius 1 is 1.45 bits per heavy atom. The van der Waals surface area contributed by atoms with E-state index >= 15 is 0 Å². The molecule has 0 radical (unpaired) electrons. The maximum Gasteiger partial charge on any atom is 0.203 e. The molecule has 1 aromatic heterocycles. The summed E-state index contributed by atoms with van der Waals surface area (Å²) in [6.07, 6.45) is 5.49. The first-order valence-electron chi connectivity index (χ1n) is 7.23. The number of fused-ring (bicyclic) bond motifs is 1. The first kappa shape index (κ1) is 13.4. The fourth-order valence-corrected chi connectivity index (χ4v) is 3.44. The van der Waals surface area contributed by atoms with Crippen LogP contribution in [-0.2, 0) is 12.8 Å². The molecular formula is C15H20N4S. The molecule has 0 spiro atoms. The van der Waals surface area contributed by atoms with Gasteiger partial charge in [-0.25, -0.2) is 4.98 Å². The number of nitrogens with zero attached hydrogens (tertiary/aromatic N) is 2. The third-order valence-corrected chi connectivity index (χ3v) is 4.40. The molecule has 5 heteroatoms. The van der Waals surface area contributed by atoms with Gasteiger partial charge in [0.2, 0.25) is 5.13 Å². The minimum absolute atomic E-state index is 0.335.